The van der Waals surface area contributed by atoms with Crippen molar-refractivity contribution in [2.45, 2.75) is 6.10 Å². The van der Waals surface area contributed by atoms with Gasteiger partial charge in [0.25, 0.3) is 6.02 Å². The Morgan fingerprint density at radius 2 is 2.12 bits per heavy atom. The molecule has 2 heterocycles. The maximum atomic E-state index is 5.51. The van der Waals surface area contributed by atoms with E-state index in [1.54, 1.807) is 6.20 Å². The van der Waals surface area contributed by atoms with Gasteiger partial charge in [-0.15, -0.1) is 0 Å². The van der Waals surface area contributed by atoms with Gasteiger partial charge in [0.2, 0.25) is 0 Å². The third-order valence-corrected chi connectivity index (χ3v) is 2.69. The lowest BCUT2D eigenvalue weighted by atomic mass is 10.1. The molecule has 3 rings (SSSR count). The quantitative estimate of drug-likeness (QED) is 0.783. The van der Waals surface area contributed by atoms with Crippen LogP contribution >= 0.6 is 0 Å². The number of aliphatic imine (C=N–C) groups is 1. The van der Waals surface area contributed by atoms with Crippen molar-refractivity contribution in [2.75, 3.05) is 6.54 Å². The minimum Gasteiger partial charge on any atom is -0.455 e. The second-order valence-corrected chi connectivity index (χ2v) is 3.71. The van der Waals surface area contributed by atoms with Gasteiger partial charge in [0, 0.05) is 17.1 Å². The number of amidine groups is 1. The summed E-state index contributed by atoms with van der Waals surface area (Å²) in [5.41, 5.74) is 7.52. The average molecular weight is 213 g/mol. The van der Waals surface area contributed by atoms with E-state index in [2.05, 4.69) is 9.98 Å². The van der Waals surface area contributed by atoms with Gasteiger partial charge < -0.3 is 10.5 Å². The van der Waals surface area contributed by atoms with Gasteiger partial charge in [0.1, 0.15) is 6.10 Å². The molecule has 80 valence electrons. The van der Waals surface area contributed by atoms with Crippen molar-refractivity contribution in [2.24, 2.45) is 10.7 Å². The first-order chi connectivity index (χ1) is 7.84. The summed E-state index contributed by atoms with van der Waals surface area (Å²) in [7, 11) is 0. The summed E-state index contributed by atoms with van der Waals surface area (Å²) in [6.45, 7) is 0.571. The number of pyridine rings is 1. The Kier molecular flexibility index (Phi) is 1.99. The molecular formula is C12H11N3O. The number of para-hydroxylation sites is 1. The van der Waals surface area contributed by atoms with Gasteiger partial charge in [-0.05, 0) is 6.07 Å². The Hall–Kier alpha value is -2.10. The van der Waals surface area contributed by atoms with Crippen LogP contribution in [0.4, 0.5) is 0 Å². The predicted octanol–water partition coefficient (Wildman–Crippen LogP) is 1.62. The highest BCUT2D eigenvalue weighted by molar-refractivity contribution is 5.83. The van der Waals surface area contributed by atoms with E-state index in [4.69, 9.17) is 10.5 Å². The zero-order valence-electron chi connectivity index (χ0n) is 8.63. The van der Waals surface area contributed by atoms with Gasteiger partial charge in [-0.25, -0.2) is 4.99 Å². The molecule has 1 aliphatic rings. The number of nitrogens with zero attached hydrogens (tertiary/aromatic N) is 2. The molecule has 4 heteroatoms. The predicted molar refractivity (Wildman–Crippen MR) is 62.1 cm³/mol. The van der Waals surface area contributed by atoms with E-state index >= 15 is 0 Å². The molecule has 0 fully saturated rings. The maximum Gasteiger partial charge on any atom is 0.282 e. The van der Waals surface area contributed by atoms with Gasteiger partial charge in [-0.2, -0.15) is 0 Å². The normalized spacial score (nSPS) is 19.5. The fourth-order valence-electron chi connectivity index (χ4n) is 1.94. The lowest BCUT2D eigenvalue weighted by Crippen LogP contribution is -2.13. The van der Waals surface area contributed by atoms with E-state index < -0.39 is 0 Å². The van der Waals surface area contributed by atoms with Gasteiger partial charge in [-0.3, -0.25) is 4.98 Å². The fraction of sp³-hybridized carbons (Fsp3) is 0.167. The lowest BCUT2D eigenvalue weighted by molar-refractivity contribution is 0.227. The van der Waals surface area contributed by atoms with E-state index in [-0.39, 0.29) is 12.1 Å². The molecule has 0 aliphatic carbocycles. The second-order valence-electron chi connectivity index (χ2n) is 3.71. The minimum absolute atomic E-state index is 0.0985. The van der Waals surface area contributed by atoms with Gasteiger partial charge >= 0.3 is 0 Å². The summed E-state index contributed by atoms with van der Waals surface area (Å²) >= 11 is 0. The summed E-state index contributed by atoms with van der Waals surface area (Å²) in [4.78, 5) is 8.42. The van der Waals surface area contributed by atoms with Crippen molar-refractivity contribution in [1.29, 1.82) is 0 Å². The van der Waals surface area contributed by atoms with Gasteiger partial charge in [0.05, 0.1) is 12.1 Å². The SMILES string of the molecule is NC1=NCC(c2cccc3cccnc23)O1. The van der Waals surface area contributed by atoms with E-state index in [1.165, 1.54) is 0 Å². The highest BCUT2D eigenvalue weighted by atomic mass is 16.5. The third kappa shape index (κ3) is 1.39. The molecule has 0 saturated carbocycles. The van der Waals surface area contributed by atoms with E-state index in [1.807, 2.05) is 30.3 Å². The van der Waals surface area contributed by atoms with Crippen LogP contribution in [0.5, 0.6) is 0 Å². The smallest absolute Gasteiger partial charge is 0.282 e. The molecule has 1 aliphatic heterocycles. The highest BCUT2D eigenvalue weighted by Gasteiger charge is 2.21. The number of hydrogen-bond donors (Lipinski definition) is 1. The molecular weight excluding hydrogens is 202 g/mol. The molecule has 1 unspecified atom stereocenters. The Bertz CT molecular complexity index is 560. The molecule has 0 radical (unpaired) electrons. The van der Waals surface area contributed by atoms with Crippen LogP contribution in [-0.2, 0) is 4.74 Å². The van der Waals surface area contributed by atoms with Crippen molar-refractivity contribution >= 4 is 16.9 Å². The van der Waals surface area contributed by atoms with Crippen molar-refractivity contribution in [3.63, 3.8) is 0 Å². The largest absolute Gasteiger partial charge is 0.455 e. The number of hydrogen-bond acceptors (Lipinski definition) is 4. The number of nitrogens with two attached hydrogens (primary N) is 1. The van der Waals surface area contributed by atoms with Gasteiger partial charge in [0.15, 0.2) is 0 Å². The standard InChI is InChI=1S/C12H11N3O/c13-12-15-7-10(16-12)9-5-1-3-8-4-2-6-14-11(8)9/h1-6,10H,7H2,(H2,13,15). The first-order valence-electron chi connectivity index (χ1n) is 5.15. The average Bonchev–Trinajstić information content (AvgIpc) is 2.75. The molecule has 0 bridgehead atoms. The van der Waals surface area contributed by atoms with Crippen LogP contribution in [0.2, 0.25) is 0 Å². The molecule has 1 aromatic carbocycles. The molecule has 4 nitrogen and oxygen atoms in total. The summed E-state index contributed by atoms with van der Waals surface area (Å²) < 4.78 is 5.44. The Morgan fingerprint density at radius 1 is 1.25 bits per heavy atom. The molecule has 1 atom stereocenters. The molecule has 0 saturated heterocycles. The zero-order valence-corrected chi connectivity index (χ0v) is 8.63. The number of aromatic nitrogens is 1. The van der Waals surface area contributed by atoms with Crippen LogP contribution in [0.3, 0.4) is 0 Å². The van der Waals surface area contributed by atoms with Crippen molar-refractivity contribution in [3.05, 3.63) is 42.1 Å². The Morgan fingerprint density at radius 3 is 2.94 bits per heavy atom. The minimum atomic E-state index is -0.0985. The fourth-order valence-corrected chi connectivity index (χ4v) is 1.94. The monoisotopic (exact) mass is 213 g/mol. The first-order valence-corrected chi connectivity index (χ1v) is 5.15. The third-order valence-electron chi connectivity index (χ3n) is 2.69. The van der Waals surface area contributed by atoms with Crippen LogP contribution in [0, 0.1) is 0 Å². The Labute approximate surface area is 92.8 Å². The number of benzene rings is 1. The Balaban J connectivity index is 2.10. The van der Waals surface area contributed by atoms with Crippen LogP contribution in [0.1, 0.15) is 11.7 Å². The second kappa shape index (κ2) is 3.48. The summed E-state index contributed by atoms with van der Waals surface area (Å²) in [5.74, 6) is 0. The van der Waals surface area contributed by atoms with Crippen LogP contribution in [0.25, 0.3) is 10.9 Å². The van der Waals surface area contributed by atoms with Crippen molar-refractivity contribution < 1.29 is 4.74 Å². The molecule has 0 amide bonds. The van der Waals surface area contributed by atoms with Crippen LogP contribution < -0.4 is 5.73 Å². The molecule has 2 aromatic rings. The summed E-state index contributed by atoms with van der Waals surface area (Å²) in [5, 5.41) is 1.11. The first kappa shape index (κ1) is 9.15. The number of rotatable bonds is 1. The van der Waals surface area contributed by atoms with Gasteiger partial charge in [-0.1, -0.05) is 24.3 Å². The molecule has 16 heavy (non-hydrogen) atoms. The number of ether oxygens (including phenoxy) is 1. The topological polar surface area (TPSA) is 60.5 Å². The summed E-state index contributed by atoms with van der Waals surface area (Å²) in [6.07, 6.45) is 1.68. The lowest BCUT2D eigenvalue weighted by Gasteiger charge is -2.11. The highest BCUT2D eigenvalue weighted by Crippen LogP contribution is 2.27. The van der Waals surface area contributed by atoms with E-state index in [0.717, 1.165) is 16.5 Å². The molecule has 2 N–H and O–H groups in total. The molecule has 1 aromatic heterocycles. The number of fused-ring (bicyclic) bond motifs is 1. The van der Waals surface area contributed by atoms with Crippen molar-refractivity contribution in [3.8, 4) is 0 Å². The van der Waals surface area contributed by atoms with Crippen LogP contribution in [0.15, 0.2) is 41.5 Å². The zero-order chi connectivity index (χ0) is 11.0. The van der Waals surface area contributed by atoms with Crippen LogP contribution in [-0.4, -0.2) is 17.6 Å². The van der Waals surface area contributed by atoms with E-state index in [9.17, 15) is 0 Å². The van der Waals surface area contributed by atoms with E-state index in [0.29, 0.717) is 6.54 Å². The maximum absolute atomic E-state index is 5.51. The van der Waals surface area contributed by atoms with Crippen molar-refractivity contribution in [1.82, 2.24) is 4.98 Å². The molecule has 0 spiro atoms. The summed E-state index contributed by atoms with van der Waals surface area (Å²) in [6, 6.07) is 10.3.